The molecule has 2 fully saturated rings. The molecule has 0 aliphatic carbocycles. The fourth-order valence-electron chi connectivity index (χ4n) is 0.254. The molecule has 0 aromatic rings. The van der Waals surface area contributed by atoms with Gasteiger partial charge in [0.1, 0.15) is 0 Å². The van der Waals surface area contributed by atoms with Gasteiger partial charge in [-0.25, -0.2) is 4.79 Å². The molecule has 0 spiro atoms. The summed E-state index contributed by atoms with van der Waals surface area (Å²) in [6.07, 6.45) is 3.45. The van der Waals surface area contributed by atoms with E-state index in [1.807, 2.05) is 0 Å². The van der Waals surface area contributed by atoms with Gasteiger partial charge < -0.3 is 19.7 Å². The average Bonchev–Trinajstić information content (AvgIpc) is 3.15. The Hall–Kier alpha value is -0.910. The average molecular weight is 248 g/mol. The quantitative estimate of drug-likeness (QED) is 0.583. The van der Waals surface area contributed by atoms with Gasteiger partial charge >= 0.3 is 5.97 Å². The maximum Gasteiger partial charge on any atom is 0.327 e. The first kappa shape index (κ1) is 18.5. The predicted octanol–water partition coefficient (Wildman–Crippen LogP) is 1.46. The van der Waals surface area contributed by atoms with Crippen molar-refractivity contribution in [1.29, 1.82) is 0 Å². The Morgan fingerprint density at radius 3 is 1.88 bits per heavy atom. The molecule has 2 N–H and O–H groups in total. The number of hydrogen-bond acceptors (Lipinski definition) is 4. The Balaban J connectivity index is 0. The lowest BCUT2D eigenvalue weighted by Gasteiger charge is -1.79. The second-order valence-corrected chi connectivity index (χ2v) is 3.38. The summed E-state index contributed by atoms with van der Waals surface area (Å²) < 4.78 is 9.21. The molecular formula is C12H24O5. The summed E-state index contributed by atoms with van der Waals surface area (Å²) >= 11 is 0. The lowest BCUT2D eigenvalue weighted by Crippen LogP contribution is -1.82. The molecule has 1 unspecified atom stereocenters. The number of epoxide rings is 2. The van der Waals surface area contributed by atoms with Crippen LogP contribution in [-0.4, -0.2) is 48.7 Å². The number of hydrogen-bond donors (Lipinski definition) is 2. The number of aliphatic hydroxyl groups is 1. The first-order valence-corrected chi connectivity index (χ1v) is 5.74. The Morgan fingerprint density at radius 1 is 1.53 bits per heavy atom. The number of carboxylic acid groups (broad SMARTS) is 1. The van der Waals surface area contributed by atoms with Crippen molar-refractivity contribution >= 4 is 5.97 Å². The molecule has 0 aromatic heterocycles. The first-order chi connectivity index (χ1) is 8.08. The van der Waals surface area contributed by atoms with Gasteiger partial charge in [0.2, 0.25) is 0 Å². The molecule has 5 heteroatoms. The van der Waals surface area contributed by atoms with Crippen LogP contribution in [0.4, 0.5) is 0 Å². The van der Waals surface area contributed by atoms with Gasteiger partial charge in [-0.2, -0.15) is 0 Å². The fraction of sp³-hybridized carbons (Fsp3) is 0.750. The maximum atomic E-state index is 9.25. The zero-order chi connectivity index (χ0) is 13.5. The highest BCUT2D eigenvalue weighted by molar-refractivity contribution is 5.78. The van der Waals surface area contributed by atoms with Gasteiger partial charge in [0, 0.05) is 12.7 Å². The lowest BCUT2D eigenvalue weighted by atomic mass is 10.4. The number of unbranched alkanes of at least 4 members (excludes halogenated alkanes) is 1. The van der Waals surface area contributed by atoms with Crippen molar-refractivity contribution in [3.05, 3.63) is 12.7 Å². The topological polar surface area (TPSA) is 82.6 Å². The minimum atomic E-state index is -0.981. The standard InChI is InChI=1S/C4H10O.C3H4O2.C3H6O.C2H4O/c1-2-3-4-5;1-2-3(4)5;1-3-2-4-3;1-2-3-1/h5H,2-4H2,1H3;2H,1H2,(H,4,5);3H,2H2,1H3;1-2H2. The molecule has 0 amide bonds. The van der Waals surface area contributed by atoms with E-state index in [4.69, 9.17) is 14.9 Å². The van der Waals surface area contributed by atoms with Crippen LogP contribution in [0.2, 0.25) is 0 Å². The molecule has 2 aliphatic heterocycles. The molecule has 0 saturated carbocycles. The Kier molecular flexibility index (Phi) is 16.4. The first-order valence-electron chi connectivity index (χ1n) is 5.74. The van der Waals surface area contributed by atoms with Crippen molar-refractivity contribution in [3.63, 3.8) is 0 Å². The molecule has 5 nitrogen and oxygen atoms in total. The monoisotopic (exact) mass is 248 g/mol. The zero-order valence-corrected chi connectivity index (χ0v) is 10.7. The largest absolute Gasteiger partial charge is 0.478 e. The van der Waals surface area contributed by atoms with E-state index < -0.39 is 5.97 Å². The van der Waals surface area contributed by atoms with E-state index in [1.54, 1.807) is 0 Å². The summed E-state index contributed by atoms with van der Waals surface area (Å²) in [7, 11) is 0. The van der Waals surface area contributed by atoms with Gasteiger partial charge in [0.05, 0.1) is 25.9 Å². The van der Waals surface area contributed by atoms with Crippen molar-refractivity contribution in [3.8, 4) is 0 Å². The van der Waals surface area contributed by atoms with E-state index in [9.17, 15) is 4.79 Å². The van der Waals surface area contributed by atoms with E-state index >= 15 is 0 Å². The summed E-state index contributed by atoms with van der Waals surface area (Å²) in [6, 6.07) is 0. The summed E-state index contributed by atoms with van der Waals surface area (Å²) in [5.74, 6) is -0.981. The summed E-state index contributed by atoms with van der Waals surface area (Å²) in [6.45, 7) is 10.4. The van der Waals surface area contributed by atoms with Crippen LogP contribution >= 0.6 is 0 Å². The number of aliphatic carboxylic acids is 1. The van der Waals surface area contributed by atoms with Crippen LogP contribution in [-0.2, 0) is 14.3 Å². The van der Waals surface area contributed by atoms with Crippen LogP contribution in [0, 0.1) is 0 Å². The number of carbonyl (C=O) groups is 1. The third-order valence-electron chi connectivity index (χ3n) is 1.39. The van der Waals surface area contributed by atoms with Crippen molar-refractivity contribution in [2.75, 3.05) is 26.4 Å². The highest BCUT2D eigenvalue weighted by Crippen LogP contribution is 2.04. The van der Waals surface area contributed by atoms with Gasteiger partial charge in [0.25, 0.3) is 0 Å². The molecule has 0 aromatic carbocycles. The second kappa shape index (κ2) is 15.1. The second-order valence-electron chi connectivity index (χ2n) is 3.38. The zero-order valence-electron chi connectivity index (χ0n) is 10.7. The van der Waals surface area contributed by atoms with Crippen molar-refractivity contribution in [2.45, 2.75) is 32.8 Å². The number of ether oxygens (including phenoxy) is 2. The number of aliphatic hydroxyl groups excluding tert-OH is 1. The molecule has 102 valence electrons. The van der Waals surface area contributed by atoms with Gasteiger partial charge in [0.15, 0.2) is 0 Å². The van der Waals surface area contributed by atoms with E-state index in [1.165, 1.54) is 0 Å². The molecule has 0 radical (unpaired) electrons. The Labute approximate surface area is 103 Å². The molecule has 0 bridgehead atoms. The maximum absolute atomic E-state index is 9.25. The molecule has 17 heavy (non-hydrogen) atoms. The van der Waals surface area contributed by atoms with Crippen molar-refractivity contribution in [1.82, 2.24) is 0 Å². The Morgan fingerprint density at radius 2 is 1.88 bits per heavy atom. The van der Waals surface area contributed by atoms with Gasteiger partial charge in [-0.1, -0.05) is 19.9 Å². The van der Waals surface area contributed by atoms with Gasteiger partial charge in [-0.3, -0.25) is 0 Å². The minimum Gasteiger partial charge on any atom is -0.478 e. The van der Waals surface area contributed by atoms with Crippen LogP contribution in [0.15, 0.2) is 12.7 Å². The SMILES string of the molecule is C1CO1.C=CC(=O)O.CC1CO1.CCCCO. The van der Waals surface area contributed by atoms with E-state index in [0.717, 1.165) is 38.7 Å². The minimum absolute atomic E-state index is 0.344. The fourth-order valence-corrected chi connectivity index (χ4v) is 0.254. The third kappa shape index (κ3) is 51.4. The summed E-state index contributed by atoms with van der Waals surface area (Å²) in [4.78, 5) is 9.25. The van der Waals surface area contributed by atoms with Crippen LogP contribution in [0.1, 0.15) is 26.7 Å². The molecule has 2 saturated heterocycles. The molecule has 2 rings (SSSR count). The number of rotatable bonds is 3. The van der Waals surface area contributed by atoms with Crippen molar-refractivity contribution < 1.29 is 24.5 Å². The Bertz CT molecular complexity index is 171. The van der Waals surface area contributed by atoms with E-state index in [0.29, 0.717) is 12.7 Å². The van der Waals surface area contributed by atoms with Crippen LogP contribution in [0.3, 0.4) is 0 Å². The van der Waals surface area contributed by atoms with Crippen LogP contribution in [0.5, 0.6) is 0 Å². The lowest BCUT2D eigenvalue weighted by molar-refractivity contribution is -0.131. The normalized spacial score (nSPS) is 17.9. The van der Waals surface area contributed by atoms with Gasteiger partial charge in [-0.05, 0) is 13.3 Å². The van der Waals surface area contributed by atoms with Crippen LogP contribution < -0.4 is 0 Å². The third-order valence-corrected chi connectivity index (χ3v) is 1.39. The van der Waals surface area contributed by atoms with Crippen LogP contribution in [0.25, 0.3) is 0 Å². The predicted molar refractivity (Wildman–Crippen MR) is 66.1 cm³/mol. The highest BCUT2D eigenvalue weighted by atomic mass is 16.6. The summed E-state index contributed by atoms with van der Waals surface area (Å²) in [5, 5.41) is 15.7. The molecule has 2 aliphatic rings. The number of carboxylic acids is 1. The van der Waals surface area contributed by atoms with E-state index in [2.05, 4.69) is 25.2 Å². The molecule has 2 heterocycles. The van der Waals surface area contributed by atoms with E-state index in [-0.39, 0.29) is 0 Å². The van der Waals surface area contributed by atoms with Gasteiger partial charge in [-0.15, -0.1) is 0 Å². The van der Waals surface area contributed by atoms with Crippen molar-refractivity contribution in [2.24, 2.45) is 0 Å². The summed E-state index contributed by atoms with van der Waals surface area (Å²) in [5.41, 5.74) is 0. The smallest absolute Gasteiger partial charge is 0.327 e. The molecule has 1 atom stereocenters. The highest BCUT2D eigenvalue weighted by Gasteiger charge is 2.13. The molecular weight excluding hydrogens is 224 g/mol.